The summed E-state index contributed by atoms with van der Waals surface area (Å²) >= 11 is 0. The molecule has 0 heterocycles. The second-order valence-corrected chi connectivity index (χ2v) is 9.33. The van der Waals surface area contributed by atoms with E-state index in [1.54, 1.807) is 31.1 Å². The number of rotatable bonds is 5. The van der Waals surface area contributed by atoms with Crippen molar-refractivity contribution in [2.24, 2.45) is 23.2 Å². The molecule has 1 N–H and O–H groups in total. The maximum atomic E-state index is 12.9. The number of nitrogens with zero attached hydrogens (tertiary/aromatic N) is 2. The van der Waals surface area contributed by atoms with Gasteiger partial charge in [-0.1, -0.05) is 0 Å². The predicted molar refractivity (Wildman–Crippen MR) is 105 cm³/mol. The third-order valence-electron chi connectivity index (χ3n) is 7.27. The Balaban J connectivity index is 1.52. The summed E-state index contributed by atoms with van der Waals surface area (Å²) in [4.78, 5) is 25.5. The molecule has 0 aromatic heterocycles. The molecule has 4 bridgehead atoms. The van der Waals surface area contributed by atoms with Gasteiger partial charge in [-0.25, -0.2) is 0 Å². The average Bonchev–Trinajstić information content (AvgIpc) is 2.59. The normalized spacial score (nSPS) is 32.2. The molecular weight excluding hydrogens is 342 g/mol. The van der Waals surface area contributed by atoms with Gasteiger partial charge in [0.25, 0.3) is 11.6 Å². The number of carbonyl (C=O) groups excluding carboxylic acids is 1. The van der Waals surface area contributed by atoms with Crippen LogP contribution in [0.2, 0.25) is 0 Å². The van der Waals surface area contributed by atoms with E-state index in [0.717, 1.165) is 17.8 Å². The number of amides is 1. The van der Waals surface area contributed by atoms with Gasteiger partial charge in [0, 0.05) is 31.8 Å². The fourth-order valence-electron chi connectivity index (χ4n) is 6.33. The number of nitrogens with one attached hydrogen (secondary N) is 1. The molecule has 1 amide bonds. The van der Waals surface area contributed by atoms with Crippen molar-refractivity contribution in [3.05, 3.63) is 33.9 Å². The number of nitro benzene ring substituents is 1. The Morgan fingerprint density at radius 1 is 1.19 bits per heavy atom. The summed E-state index contributed by atoms with van der Waals surface area (Å²) in [6.07, 6.45) is 7.79. The lowest BCUT2D eigenvalue weighted by Crippen LogP contribution is -2.55. The number of carbonyl (C=O) groups is 1. The predicted octanol–water partition coefficient (Wildman–Crippen LogP) is 4.00. The summed E-state index contributed by atoms with van der Waals surface area (Å²) in [5, 5.41) is 14.6. The Bertz CT molecular complexity index is 739. The Morgan fingerprint density at radius 3 is 2.22 bits per heavy atom. The van der Waals surface area contributed by atoms with Gasteiger partial charge in [-0.3, -0.25) is 14.9 Å². The van der Waals surface area contributed by atoms with Gasteiger partial charge in [-0.2, -0.15) is 0 Å². The first-order valence-corrected chi connectivity index (χ1v) is 10.0. The fourth-order valence-corrected chi connectivity index (χ4v) is 6.33. The summed E-state index contributed by atoms with van der Waals surface area (Å²) in [7, 11) is 3.52. The van der Waals surface area contributed by atoms with Crippen LogP contribution in [0.1, 0.15) is 55.8 Å². The Kier molecular flexibility index (Phi) is 4.40. The highest BCUT2D eigenvalue weighted by Gasteiger charge is 2.53. The van der Waals surface area contributed by atoms with Gasteiger partial charge in [0.15, 0.2) is 0 Å². The van der Waals surface area contributed by atoms with Crippen molar-refractivity contribution in [1.29, 1.82) is 0 Å². The van der Waals surface area contributed by atoms with E-state index in [-0.39, 0.29) is 23.1 Å². The molecule has 27 heavy (non-hydrogen) atoms. The molecule has 4 saturated carbocycles. The highest BCUT2D eigenvalue weighted by Crippen LogP contribution is 2.61. The maximum absolute atomic E-state index is 12.9. The number of anilines is 1. The van der Waals surface area contributed by atoms with Crippen LogP contribution in [0.5, 0.6) is 0 Å². The summed E-state index contributed by atoms with van der Waals surface area (Å²) in [5.41, 5.74) is 1.06. The Morgan fingerprint density at radius 2 is 1.74 bits per heavy atom. The van der Waals surface area contributed by atoms with Crippen LogP contribution in [0.4, 0.5) is 11.4 Å². The molecule has 0 aliphatic heterocycles. The molecular formula is C21H29N3O3. The van der Waals surface area contributed by atoms with Crippen molar-refractivity contribution < 1.29 is 9.72 Å². The zero-order valence-electron chi connectivity index (χ0n) is 16.4. The lowest BCUT2D eigenvalue weighted by molar-refractivity contribution is -0.384. The van der Waals surface area contributed by atoms with Crippen molar-refractivity contribution >= 4 is 17.3 Å². The van der Waals surface area contributed by atoms with Gasteiger partial charge in [0.1, 0.15) is 5.69 Å². The average molecular weight is 371 g/mol. The summed E-state index contributed by atoms with van der Waals surface area (Å²) in [6, 6.07) is 4.84. The lowest BCUT2D eigenvalue weighted by atomic mass is 9.48. The summed E-state index contributed by atoms with van der Waals surface area (Å²) in [5.74, 6) is 2.29. The molecule has 4 aliphatic rings. The van der Waals surface area contributed by atoms with Crippen LogP contribution in [0.15, 0.2) is 18.2 Å². The first kappa shape index (κ1) is 18.3. The molecule has 4 aliphatic carbocycles. The minimum absolute atomic E-state index is 0.0323. The van der Waals surface area contributed by atoms with E-state index in [4.69, 9.17) is 0 Å². The van der Waals surface area contributed by atoms with Crippen LogP contribution in [-0.4, -0.2) is 31.0 Å². The standard InChI is InChI=1S/C21H29N3O3/c1-13(21-10-14-6-15(11-21)8-16(7-14)12-21)22-20(25)17-4-5-18(23(2)3)19(9-17)24(26)27/h4-5,9,13-16H,6-8,10-12H2,1-3H3,(H,22,25)/t13-,14?,15?,16?,21?/m1/s1. The van der Waals surface area contributed by atoms with Crippen LogP contribution < -0.4 is 10.2 Å². The zero-order valence-corrected chi connectivity index (χ0v) is 16.4. The molecule has 1 aromatic rings. The van der Waals surface area contributed by atoms with Gasteiger partial charge in [0.05, 0.1) is 4.92 Å². The van der Waals surface area contributed by atoms with Crippen LogP contribution in [0, 0.1) is 33.3 Å². The molecule has 4 fully saturated rings. The lowest BCUT2D eigenvalue weighted by Gasteiger charge is -2.59. The minimum Gasteiger partial charge on any atom is -0.372 e. The number of benzene rings is 1. The third kappa shape index (κ3) is 3.19. The summed E-state index contributed by atoms with van der Waals surface area (Å²) < 4.78 is 0. The van der Waals surface area contributed by atoms with Crippen molar-refractivity contribution in [3.63, 3.8) is 0 Å². The monoisotopic (exact) mass is 371 g/mol. The first-order valence-electron chi connectivity index (χ1n) is 10.0. The zero-order chi connectivity index (χ0) is 19.3. The second-order valence-electron chi connectivity index (χ2n) is 9.33. The third-order valence-corrected chi connectivity index (χ3v) is 7.27. The van der Waals surface area contributed by atoms with Crippen LogP contribution in [0.3, 0.4) is 0 Å². The van der Waals surface area contributed by atoms with Gasteiger partial charge < -0.3 is 10.2 Å². The van der Waals surface area contributed by atoms with Gasteiger partial charge in [-0.05, 0) is 80.8 Å². The van der Waals surface area contributed by atoms with Gasteiger partial charge in [-0.15, -0.1) is 0 Å². The van der Waals surface area contributed by atoms with Crippen LogP contribution in [-0.2, 0) is 0 Å². The molecule has 0 spiro atoms. The van der Waals surface area contributed by atoms with E-state index in [2.05, 4.69) is 12.2 Å². The van der Waals surface area contributed by atoms with E-state index < -0.39 is 4.92 Å². The Labute approximate surface area is 160 Å². The molecule has 0 unspecified atom stereocenters. The largest absolute Gasteiger partial charge is 0.372 e. The number of hydrogen-bond donors (Lipinski definition) is 1. The van der Waals surface area contributed by atoms with Crippen molar-refractivity contribution in [2.75, 3.05) is 19.0 Å². The molecule has 146 valence electrons. The topological polar surface area (TPSA) is 75.5 Å². The number of nitro groups is 1. The van der Waals surface area contributed by atoms with Crippen molar-refractivity contribution in [1.82, 2.24) is 5.32 Å². The van der Waals surface area contributed by atoms with E-state index in [1.165, 1.54) is 44.6 Å². The molecule has 1 atom stereocenters. The van der Waals surface area contributed by atoms with E-state index in [1.807, 2.05) is 0 Å². The maximum Gasteiger partial charge on any atom is 0.293 e. The first-order chi connectivity index (χ1) is 12.8. The molecule has 0 radical (unpaired) electrons. The van der Waals surface area contributed by atoms with Crippen LogP contribution >= 0.6 is 0 Å². The van der Waals surface area contributed by atoms with Crippen molar-refractivity contribution in [3.8, 4) is 0 Å². The second kappa shape index (κ2) is 6.50. The molecule has 6 heteroatoms. The van der Waals surface area contributed by atoms with E-state index in [0.29, 0.717) is 11.3 Å². The molecule has 6 nitrogen and oxygen atoms in total. The highest BCUT2D eigenvalue weighted by molar-refractivity contribution is 5.96. The van der Waals surface area contributed by atoms with E-state index in [9.17, 15) is 14.9 Å². The highest BCUT2D eigenvalue weighted by atomic mass is 16.6. The van der Waals surface area contributed by atoms with Gasteiger partial charge in [0.2, 0.25) is 0 Å². The SMILES string of the molecule is C[C@@H](NC(=O)c1ccc(N(C)C)c([N+](=O)[O-])c1)C12CC3CC(CC(C3)C1)C2. The van der Waals surface area contributed by atoms with Gasteiger partial charge >= 0.3 is 0 Å². The minimum atomic E-state index is -0.422. The fraction of sp³-hybridized carbons (Fsp3) is 0.667. The smallest absolute Gasteiger partial charge is 0.293 e. The van der Waals surface area contributed by atoms with Crippen molar-refractivity contribution in [2.45, 2.75) is 51.5 Å². The quantitative estimate of drug-likeness (QED) is 0.627. The molecule has 1 aromatic carbocycles. The summed E-state index contributed by atoms with van der Waals surface area (Å²) in [6.45, 7) is 2.13. The molecule has 0 saturated heterocycles. The van der Waals surface area contributed by atoms with Crippen LogP contribution in [0.25, 0.3) is 0 Å². The van der Waals surface area contributed by atoms with E-state index >= 15 is 0 Å². The Hall–Kier alpha value is -2.11. The number of hydrogen-bond acceptors (Lipinski definition) is 4. The molecule has 5 rings (SSSR count).